The van der Waals surface area contributed by atoms with Crippen LogP contribution in [0.3, 0.4) is 0 Å². The number of benzene rings is 2. The Labute approximate surface area is 144 Å². The normalized spacial score (nSPS) is 11.7. The molecule has 0 saturated carbocycles. The fourth-order valence-corrected chi connectivity index (χ4v) is 2.58. The van der Waals surface area contributed by atoms with Crippen molar-refractivity contribution in [3.8, 4) is 0 Å². The fraction of sp³-hybridized carbons (Fsp3) is 0. The van der Waals surface area contributed by atoms with Crippen molar-refractivity contribution < 1.29 is 9.59 Å². The van der Waals surface area contributed by atoms with Gasteiger partial charge in [-0.3, -0.25) is 9.59 Å². The van der Waals surface area contributed by atoms with Crippen LogP contribution in [0.2, 0.25) is 0 Å². The molecule has 0 aliphatic heterocycles. The van der Waals surface area contributed by atoms with Crippen LogP contribution in [-0.4, -0.2) is 11.8 Å². The first-order valence-corrected chi connectivity index (χ1v) is 7.84. The first-order chi connectivity index (χ1) is 10.4. The molecule has 0 heterocycles. The Hall–Kier alpha value is -1.92. The van der Waals surface area contributed by atoms with E-state index >= 15 is 0 Å². The molecule has 112 valence electrons. The van der Waals surface area contributed by atoms with E-state index in [4.69, 9.17) is 11.5 Å². The van der Waals surface area contributed by atoms with E-state index < -0.39 is 11.8 Å². The molecule has 0 spiro atoms. The molecule has 0 unspecified atom stereocenters. The molecule has 2 rings (SSSR count). The van der Waals surface area contributed by atoms with Gasteiger partial charge in [-0.1, -0.05) is 56.1 Å². The zero-order chi connectivity index (χ0) is 16.3. The third-order valence-corrected chi connectivity index (χ3v) is 4.07. The summed E-state index contributed by atoms with van der Waals surface area (Å²) >= 11 is 6.64. The zero-order valence-corrected chi connectivity index (χ0v) is 14.5. The van der Waals surface area contributed by atoms with Crippen LogP contribution < -0.4 is 11.5 Å². The third-order valence-electron chi connectivity index (χ3n) is 3.01. The van der Waals surface area contributed by atoms with E-state index in [1.807, 2.05) is 0 Å². The molecule has 4 nitrogen and oxygen atoms in total. The van der Waals surface area contributed by atoms with Gasteiger partial charge >= 0.3 is 0 Å². The number of halogens is 2. The number of hydrogen-bond donors (Lipinski definition) is 2. The Kier molecular flexibility index (Phi) is 5.15. The predicted molar refractivity (Wildman–Crippen MR) is 93.5 cm³/mol. The minimum Gasteiger partial charge on any atom is -0.366 e. The van der Waals surface area contributed by atoms with Crippen molar-refractivity contribution in [3.05, 3.63) is 68.6 Å². The largest absolute Gasteiger partial charge is 0.366 e. The van der Waals surface area contributed by atoms with Crippen LogP contribution >= 0.6 is 31.9 Å². The van der Waals surface area contributed by atoms with Crippen LogP contribution in [0.15, 0.2) is 57.5 Å². The molecule has 0 aromatic heterocycles. The molecule has 0 saturated heterocycles. The second-order valence-corrected chi connectivity index (χ2v) is 6.32. The molecule has 6 heteroatoms. The van der Waals surface area contributed by atoms with E-state index in [1.54, 1.807) is 48.5 Å². The van der Waals surface area contributed by atoms with Gasteiger partial charge in [0.1, 0.15) is 0 Å². The van der Waals surface area contributed by atoms with Gasteiger partial charge in [0.15, 0.2) is 0 Å². The Morgan fingerprint density at radius 2 is 0.909 bits per heavy atom. The lowest BCUT2D eigenvalue weighted by Gasteiger charge is -2.11. The summed E-state index contributed by atoms with van der Waals surface area (Å²) in [5, 5.41) is 0. The van der Waals surface area contributed by atoms with Crippen LogP contribution in [-0.2, 0) is 9.59 Å². The maximum Gasteiger partial charge on any atom is 0.250 e. The van der Waals surface area contributed by atoms with Gasteiger partial charge in [-0.05, 0) is 35.4 Å². The lowest BCUT2D eigenvalue weighted by atomic mass is 9.93. The van der Waals surface area contributed by atoms with Crippen LogP contribution in [0.4, 0.5) is 0 Å². The summed E-state index contributed by atoms with van der Waals surface area (Å²) in [4.78, 5) is 23.8. The molecule has 0 bridgehead atoms. The molecule has 2 amide bonds. The second kappa shape index (κ2) is 6.89. The average Bonchev–Trinajstić information content (AvgIpc) is 2.46. The van der Waals surface area contributed by atoms with E-state index in [1.165, 1.54) is 0 Å². The number of nitrogens with two attached hydrogens (primary N) is 2. The maximum atomic E-state index is 11.9. The van der Waals surface area contributed by atoms with E-state index in [-0.39, 0.29) is 11.1 Å². The Bertz CT molecular complexity index is 685. The number of rotatable bonds is 4. The third kappa shape index (κ3) is 3.64. The monoisotopic (exact) mass is 422 g/mol. The first-order valence-electron chi connectivity index (χ1n) is 6.26. The molecule has 0 radical (unpaired) electrons. The number of amides is 2. The van der Waals surface area contributed by atoms with Gasteiger partial charge in [0.2, 0.25) is 11.8 Å². The van der Waals surface area contributed by atoms with Crippen LogP contribution in [0.5, 0.6) is 0 Å². The highest BCUT2D eigenvalue weighted by Gasteiger charge is 2.20. The fourth-order valence-electron chi connectivity index (χ4n) is 2.05. The minimum atomic E-state index is -0.709. The number of primary amides is 2. The lowest BCUT2D eigenvalue weighted by molar-refractivity contribution is -0.114. The van der Waals surface area contributed by atoms with Crippen LogP contribution in [0, 0.1) is 0 Å². The second-order valence-electron chi connectivity index (χ2n) is 4.49. The van der Waals surface area contributed by atoms with Gasteiger partial charge in [-0.25, -0.2) is 0 Å². The van der Waals surface area contributed by atoms with Gasteiger partial charge in [-0.15, -0.1) is 0 Å². The van der Waals surface area contributed by atoms with E-state index in [9.17, 15) is 9.59 Å². The smallest absolute Gasteiger partial charge is 0.250 e. The first kappa shape index (κ1) is 16.5. The van der Waals surface area contributed by atoms with Gasteiger partial charge in [0, 0.05) is 8.95 Å². The SMILES string of the molecule is NC(=O)C(=C(C(N)=O)c1ccc(Br)cc1)c1ccc(Br)cc1. The van der Waals surface area contributed by atoms with E-state index in [2.05, 4.69) is 31.9 Å². The molecule has 0 aliphatic carbocycles. The van der Waals surface area contributed by atoms with E-state index in [0.29, 0.717) is 11.1 Å². The Morgan fingerprint density at radius 3 is 1.14 bits per heavy atom. The quantitative estimate of drug-likeness (QED) is 0.584. The van der Waals surface area contributed by atoms with Gasteiger partial charge < -0.3 is 11.5 Å². The molecular formula is C16H12Br2N2O2. The highest BCUT2D eigenvalue weighted by molar-refractivity contribution is 9.10. The molecule has 22 heavy (non-hydrogen) atoms. The predicted octanol–water partition coefficient (Wildman–Crippen LogP) is 3.09. The lowest BCUT2D eigenvalue weighted by Crippen LogP contribution is -2.21. The highest BCUT2D eigenvalue weighted by Crippen LogP contribution is 2.28. The van der Waals surface area contributed by atoms with Crippen LogP contribution in [0.25, 0.3) is 11.1 Å². The maximum absolute atomic E-state index is 11.9. The van der Waals surface area contributed by atoms with Crippen molar-refractivity contribution in [1.29, 1.82) is 0 Å². The van der Waals surface area contributed by atoms with Gasteiger partial charge in [0.05, 0.1) is 11.1 Å². The number of carbonyl (C=O) groups is 2. The van der Waals surface area contributed by atoms with Crippen molar-refractivity contribution >= 4 is 54.8 Å². The average molecular weight is 424 g/mol. The van der Waals surface area contributed by atoms with Crippen molar-refractivity contribution in [2.45, 2.75) is 0 Å². The summed E-state index contributed by atoms with van der Waals surface area (Å²) in [6.45, 7) is 0. The molecule has 4 N–H and O–H groups in total. The van der Waals surface area contributed by atoms with Crippen molar-refractivity contribution in [3.63, 3.8) is 0 Å². The summed E-state index contributed by atoms with van der Waals surface area (Å²) in [5.74, 6) is -1.42. The number of carbonyl (C=O) groups excluding carboxylic acids is 2. The van der Waals surface area contributed by atoms with Gasteiger partial charge in [0.25, 0.3) is 0 Å². The topological polar surface area (TPSA) is 86.2 Å². The summed E-state index contributed by atoms with van der Waals surface area (Å²) in [7, 11) is 0. The summed E-state index contributed by atoms with van der Waals surface area (Å²) in [6.07, 6.45) is 0. The summed E-state index contributed by atoms with van der Waals surface area (Å²) in [5.41, 5.74) is 12.2. The molecule has 0 fully saturated rings. The highest BCUT2D eigenvalue weighted by atomic mass is 79.9. The summed E-state index contributed by atoms with van der Waals surface area (Å²) in [6, 6.07) is 13.9. The summed E-state index contributed by atoms with van der Waals surface area (Å²) < 4.78 is 1.70. The molecular weight excluding hydrogens is 412 g/mol. The standard InChI is InChI=1S/C16H12Br2N2O2/c17-11-5-1-9(2-6-11)13(15(19)21)14(16(20)22)10-3-7-12(18)8-4-10/h1-8H,(H2,19,21)(H2,20,22). The van der Waals surface area contributed by atoms with Crippen molar-refractivity contribution in [2.24, 2.45) is 11.5 Å². The Balaban J connectivity index is 2.73. The molecule has 2 aromatic carbocycles. The van der Waals surface area contributed by atoms with E-state index in [0.717, 1.165) is 8.95 Å². The van der Waals surface area contributed by atoms with Crippen molar-refractivity contribution in [2.75, 3.05) is 0 Å². The molecule has 0 atom stereocenters. The Morgan fingerprint density at radius 1 is 0.636 bits per heavy atom. The molecule has 0 aliphatic rings. The van der Waals surface area contributed by atoms with Gasteiger partial charge in [-0.2, -0.15) is 0 Å². The molecule has 2 aromatic rings. The van der Waals surface area contributed by atoms with Crippen LogP contribution in [0.1, 0.15) is 11.1 Å². The van der Waals surface area contributed by atoms with Crippen molar-refractivity contribution in [1.82, 2.24) is 0 Å². The number of hydrogen-bond acceptors (Lipinski definition) is 2. The zero-order valence-electron chi connectivity index (χ0n) is 11.3. The minimum absolute atomic E-state index is 0.0994.